The van der Waals surface area contributed by atoms with Crippen LogP contribution in [0.4, 0.5) is 11.6 Å². The SMILES string of the molecule is O=C(CSCc1ccc(Cl)c(Cl)c1)Nc1ccc(S(=O)(=O)Nc2ncccn2)cc1. The van der Waals surface area contributed by atoms with Gasteiger partial charge < -0.3 is 5.32 Å². The van der Waals surface area contributed by atoms with Crippen molar-refractivity contribution in [2.24, 2.45) is 0 Å². The number of hydrogen-bond donors (Lipinski definition) is 2. The van der Waals surface area contributed by atoms with E-state index in [1.54, 1.807) is 18.2 Å². The van der Waals surface area contributed by atoms with E-state index in [-0.39, 0.29) is 22.5 Å². The third-order valence-corrected chi connectivity index (χ3v) is 6.81. The summed E-state index contributed by atoms with van der Waals surface area (Å²) in [7, 11) is -3.82. The predicted octanol–water partition coefficient (Wildman–Crippen LogP) is 4.46. The molecule has 0 aliphatic heterocycles. The number of benzene rings is 2. The molecular formula is C19H16Cl2N4O3S2. The number of thioether (sulfide) groups is 1. The van der Waals surface area contributed by atoms with Crippen LogP contribution in [0.1, 0.15) is 5.56 Å². The van der Waals surface area contributed by atoms with Crippen molar-refractivity contribution in [2.45, 2.75) is 10.6 Å². The number of aromatic nitrogens is 2. The first kappa shape index (κ1) is 22.4. The van der Waals surface area contributed by atoms with Crippen LogP contribution in [0.3, 0.4) is 0 Å². The molecule has 2 N–H and O–H groups in total. The van der Waals surface area contributed by atoms with E-state index in [4.69, 9.17) is 23.2 Å². The molecule has 0 bridgehead atoms. The lowest BCUT2D eigenvalue weighted by atomic mass is 10.2. The Kier molecular flexibility index (Phi) is 7.54. The van der Waals surface area contributed by atoms with Gasteiger partial charge in [-0.1, -0.05) is 29.3 Å². The van der Waals surface area contributed by atoms with Gasteiger partial charge in [0.2, 0.25) is 11.9 Å². The van der Waals surface area contributed by atoms with Crippen molar-refractivity contribution >= 4 is 62.5 Å². The molecule has 1 heterocycles. The Morgan fingerprint density at radius 3 is 2.37 bits per heavy atom. The highest BCUT2D eigenvalue weighted by molar-refractivity contribution is 7.99. The summed E-state index contributed by atoms with van der Waals surface area (Å²) < 4.78 is 27.0. The van der Waals surface area contributed by atoms with Crippen molar-refractivity contribution in [3.8, 4) is 0 Å². The highest BCUT2D eigenvalue weighted by Gasteiger charge is 2.15. The van der Waals surface area contributed by atoms with Crippen LogP contribution in [0.2, 0.25) is 10.0 Å². The Balaban J connectivity index is 1.52. The van der Waals surface area contributed by atoms with Crippen molar-refractivity contribution in [1.29, 1.82) is 0 Å². The van der Waals surface area contributed by atoms with Gasteiger partial charge in [0.1, 0.15) is 0 Å². The number of anilines is 2. The zero-order valence-electron chi connectivity index (χ0n) is 15.4. The number of sulfonamides is 1. The zero-order valence-corrected chi connectivity index (χ0v) is 18.5. The molecule has 0 aliphatic rings. The minimum Gasteiger partial charge on any atom is -0.325 e. The molecule has 0 saturated carbocycles. The number of hydrogen-bond acceptors (Lipinski definition) is 6. The van der Waals surface area contributed by atoms with E-state index < -0.39 is 10.0 Å². The number of amides is 1. The summed E-state index contributed by atoms with van der Waals surface area (Å²) in [6.07, 6.45) is 2.87. The molecule has 0 atom stereocenters. The summed E-state index contributed by atoms with van der Waals surface area (Å²) in [6.45, 7) is 0. The van der Waals surface area contributed by atoms with Crippen LogP contribution in [0.15, 0.2) is 65.8 Å². The Labute approximate surface area is 188 Å². The number of rotatable bonds is 8. The third-order valence-electron chi connectivity index (χ3n) is 3.73. The molecule has 2 aromatic carbocycles. The third kappa shape index (κ3) is 6.33. The second kappa shape index (κ2) is 10.1. The van der Waals surface area contributed by atoms with Gasteiger partial charge >= 0.3 is 0 Å². The Bertz CT molecular complexity index is 1130. The quantitative estimate of drug-likeness (QED) is 0.491. The van der Waals surface area contributed by atoms with Crippen LogP contribution in [0.5, 0.6) is 0 Å². The van der Waals surface area contributed by atoms with Crippen LogP contribution in [0.25, 0.3) is 0 Å². The average molecular weight is 483 g/mol. The van der Waals surface area contributed by atoms with Gasteiger partial charge in [0.05, 0.1) is 20.7 Å². The van der Waals surface area contributed by atoms with Crippen molar-refractivity contribution < 1.29 is 13.2 Å². The topological polar surface area (TPSA) is 101 Å². The van der Waals surface area contributed by atoms with Crippen molar-refractivity contribution in [3.05, 3.63) is 76.5 Å². The summed E-state index contributed by atoms with van der Waals surface area (Å²) in [5.74, 6) is 0.613. The number of carbonyl (C=O) groups is 1. The molecule has 0 fully saturated rings. The average Bonchev–Trinajstić information content (AvgIpc) is 2.71. The molecule has 1 aromatic heterocycles. The monoisotopic (exact) mass is 482 g/mol. The van der Waals surface area contributed by atoms with Gasteiger partial charge in [-0.15, -0.1) is 11.8 Å². The number of carbonyl (C=O) groups excluding carboxylic acids is 1. The first-order valence-corrected chi connectivity index (χ1v) is 11.9. The number of halogens is 2. The molecule has 11 heteroatoms. The normalized spacial score (nSPS) is 11.1. The van der Waals surface area contributed by atoms with E-state index in [9.17, 15) is 13.2 Å². The highest BCUT2D eigenvalue weighted by Crippen LogP contribution is 2.24. The van der Waals surface area contributed by atoms with Crippen LogP contribution in [-0.2, 0) is 20.6 Å². The van der Waals surface area contributed by atoms with E-state index >= 15 is 0 Å². The molecular weight excluding hydrogens is 467 g/mol. The lowest BCUT2D eigenvalue weighted by Crippen LogP contribution is -2.16. The van der Waals surface area contributed by atoms with E-state index in [1.807, 2.05) is 6.07 Å². The molecule has 7 nitrogen and oxygen atoms in total. The molecule has 1 amide bonds. The second-order valence-corrected chi connectivity index (χ2v) is 9.47. The van der Waals surface area contributed by atoms with Gasteiger partial charge in [-0.05, 0) is 48.0 Å². The summed E-state index contributed by atoms with van der Waals surface area (Å²) in [4.78, 5) is 19.8. The van der Waals surface area contributed by atoms with Gasteiger partial charge in [-0.3, -0.25) is 4.79 Å². The van der Waals surface area contributed by atoms with Crippen molar-refractivity contribution in [2.75, 3.05) is 15.8 Å². The van der Waals surface area contributed by atoms with Gasteiger partial charge in [-0.25, -0.2) is 23.1 Å². The van der Waals surface area contributed by atoms with E-state index in [0.717, 1.165) is 5.56 Å². The fourth-order valence-electron chi connectivity index (χ4n) is 2.34. The molecule has 3 rings (SSSR count). The standard InChI is InChI=1S/C19H16Cl2N4O3S2/c20-16-7-2-13(10-17(16)21)11-29-12-18(26)24-14-3-5-15(6-4-14)30(27,28)25-19-22-8-1-9-23-19/h1-10H,11-12H2,(H,24,26)(H,22,23,25). The summed E-state index contributed by atoms with van der Waals surface area (Å²) in [5.41, 5.74) is 1.46. The zero-order chi connectivity index (χ0) is 21.6. The van der Waals surface area contributed by atoms with Crippen LogP contribution >= 0.6 is 35.0 Å². The lowest BCUT2D eigenvalue weighted by Gasteiger charge is -2.08. The van der Waals surface area contributed by atoms with E-state index in [0.29, 0.717) is 21.5 Å². The fourth-order valence-corrected chi connectivity index (χ4v) is 4.39. The maximum Gasteiger partial charge on any atom is 0.264 e. The first-order chi connectivity index (χ1) is 14.3. The predicted molar refractivity (Wildman–Crippen MR) is 121 cm³/mol. The molecule has 0 radical (unpaired) electrons. The molecule has 0 unspecified atom stereocenters. The molecule has 0 aliphatic carbocycles. The van der Waals surface area contributed by atoms with Gasteiger partial charge in [0.25, 0.3) is 10.0 Å². The van der Waals surface area contributed by atoms with Gasteiger partial charge in [0, 0.05) is 23.8 Å². The van der Waals surface area contributed by atoms with Gasteiger partial charge in [0.15, 0.2) is 0 Å². The Morgan fingerprint density at radius 2 is 1.70 bits per heavy atom. The number of nitrogens with one attached hydrogen (secondary N) is 2. The van der Waals surface area contributed by atoms with E-state index in [2.05, 4.69) is 20.0 Å². The Morgan fingerprint density at radius 1 is 1.00 bits per heavy atom. The summed E-state index contributed by atoms with van der Waals surface area (Å²) >= 11 is 13.3. The molecule has 156 valence electrons. The smallest absolute Gasteiger partial charge is 0.264 e. The summed E-state index contributed by atoms with van der Waals surface area (Å²) in [6, 6.07) is 12.7. The van der Waals surface area contributed by atoms with Crippen LogP contribution < -0.4 is 10.0 Å². The largest absolute Gasteiger partial charge is 0.325 e. The van der Waals surface area contributed by atoms with E-state index in [1.165, 1.54) is 48.4 Å². The maximum atomic E-state index is 12.4. The fraction of sp³-hybridized carbons (Fsp3) is 0.105. The minimum atomic E-state index is -3.82. The second-order valence-electron chi connectivity index (χ2n) is 5.99. The Hall–Kier alpha value is -2.33. The van der Waals surface area contributed by atoms with Crippen LogP contribution in [-0.4, -0.2) is 30.0 Å². The molecule has 0 spiro atoms. The van der Waals surface area contributed by atoms with Crippen molar-refractivity contribution in [1.82, 2.24) is 9.97 Å². The molecule has 3 aromatic rings. The van der Waals surface area contributed by atoms with Gasteiger partial charge in [-0.2, -0.15) is 0 Å². The highest BCUT2D eigenvalue weighted by atomic mass is 35.5. The first-order valence-electron chi connectivity index (χ1n) is 8.55. The minimum absolute atomic E-state index is 0.0196. The molecule has 0 saturated heterocycles. The van der Waals surface area contributed by atoms with Crippen LogP contribution in [0, 0.1) is 0 Å². The number of nitrogens with zero attached hydrogens (tertiary/aromatic N) is 2. The van der Waals surface area contributed by atoms with Crippen molar-refractivity contribution in [3.63, 3.8) is 0 Å². The lowest BCUT2D eigenvalue weighted by molar-refractivity contribution is -0.113. The molecule has 30 heavy (non-hydrogen) atoms. The summed E-state index contributed by atoms with van der Waals surface area (Å²) in [5, 5.41) is 3.69. The maximum absolute atomic E-state index is 12.4.